The van der Waals surface area contributed by atoms with Gasteiger partial charge in [-0.1, -0.05) is 13.8 Å². The lowest BCUT2D eigenvalue weighted by molar-refractivity contribution is 0.0947. The third-order valence-corrected chi connectivity index (χ3v) is 4.55. The molecule has 0 atom stereocenters. The number of amides is 1. The Morgan fingerprint density at radius 3 is 2.77 bits per heavy atom. The minimum absolute atomic E-state index is 0.0265. The number of nitrogens with two attached hydrogens (primary N) is 1. The van der Waals surface area contributed by atoms with Gasteiger partial charge < -0.3 is 14.9 Å². The lowest BCUT2D eigenvalue weighted by Crippen LogP contribution is -2.42. The fourth-order valence-corrected chi connectivity index (χ4v) is 3.15. The topological polar surface area (TPSA) is 141 Å². The fourth-order valence-electron chi connectivity index (χ4n) is 3.15. The fraction of sp³-hybridized carbons (Fsp3) is 0.400. The van der Waals surface area contributed by atoms with E-state index in [1.54, 1.807) is 29.2 Å². The van der Waals surface area contributed by atoms with Gasteiger partial charge in [0.05, 0.1) is 19.7 Å². The van der Waals surface area contributed by atoms with E-state index in [2.05, 4.69) is 10.1 Å². The Morgan fingerprint density at radius 2 is 2.13 bits per heavy atom. The molecule has 0 fully saturated rings. The molecule has 0 radical (unpaired) electrons. The third kappa shape index (κ3) is 4.94. The summed E-state index contributed by atoms with van der Waals surface area (Å²) in [6.45, 7) is 4.64. The smallest absolute Gasteiger partial charge is 0.330 e. The van der Waals surface area contributed by atoms with Crippen molar-refractivity contribution in [3.05, 3.63) is 63.0 Å². The summed E-state index contributed by atoms with van der Waals surface area (Å²) in [7, 11) is 1.48. The minimum Gasteiger partial charge on any atom is -0.454 e. The van der Waals surface area contributed by atoms with Crippen molar-refractivity contribution in [1.82, 2.24) is 19.3 Å². The standard InChI is InChI=1S/C20H26N6O5/c1-13(2)11-26-17(21)16(18(27)23-20(26)29)25(9-10-30-3)19(28)15-6-5-14(31-15)12-24-8-4-7-22-24/h4-8,13H,9-12,21H2,1-3H3,(H,23,27,29). The summed E-state index contributed by atoms with van der Waals surface area (Å²) in [5.41, 5.74) is 4.68. The van der Waals surface area contributed by atoms with Gasteiger partial charge in [-0.2, -0.15) is 5.10 Å². The Balaban J connectivity index is 1.99. The van der Waals surface area contributed by atoms with Crippen molar-refractivity contribution in [3.63, 3.8) is 0 Å². The molecule has 0 aliphatic heterocycles. The van der Waals surface area contributed by atoms with Crippen molar-refractivity contribution in [2.75, 3.05) is 30.9 Å². The Morgan fingerprint density at radius 1 is 1.35 bits per heavy atom. The SMILES string of the molecule is COCCN(C(=O)c1ccc(Cn2cccn2)o1)c1c(N)n(CC(C)C)c(=O)[nH]c1=O. The maximum Gasteiger partial charge on any atom is 0.330 e. The number of anilines is 2. The zero-order valence-corrected chi connectivity index (χ0v) is 17.7. The second-order valence-electron chi connectivity index (χ2n) is 7.42. The molecule has 0 bridgehead atoms. The Kier molecular flexibility index (Phi) is 6.75. The molecule has 0 aliphatic carbocycles. The number of rotatable bonds is 9. The van der Waals surface area contributed by atoms with Gasteiger partial charge in [0, 0.05) is 26.0 Å². The molecule has 31 heavy (non-hydrogen) atoms. The molecule has 0 aliphatic rings. The maximum absolute atomic E-state index is 13.2. The van der Waals surface area contributed by atoms with Crippen molar-refractivity contribution >= 4 is 17.4 Å². The van der Waals surface area contributed by atoms with Crippen LogP contribution in [0.25, 0.3) is 0 Å². The highest BCUT2D eigenvalue weighted by Crippen LogP contribution is 2.21. The molecule has 11 heteroatoms. The zero-order valence-electron chi connectivity index (χ0n) is 17.7. The van der Waals surface area contributed by atoms with Gasteiger partial charge in [-0.3, -0.25) is 28.7 Å². The van der Waals surface area contributed by atoms with E-state index in [1.807, 2.05) is 13.8 Å². The van der Waals surface area contributed by atoms with Gasteiger partial charge in [-0.15, -0.1) is 0 Å². The number of carbonyl (C=O) groups is 1. The zero-order chi connectivity index (χ0) is 22.5. The predicted octanol–water partition coefficient (Wildman–Crippen LogP) is 0.906. The Hall–Kier alpha value is -3.60. The van der Waals surface area contributed by atoms with Crippen LogP contribution in [0.15, 0.2) is 44.6 Å². The normalized spacial score (nSPS) is 11.2. The van der Waals surface area contributed by atoms with Gasteiger partial charge in [-0.25, -0.2) is 4.79 Å². The average Bonchev–Trinajstić information content (AvgIpc) is 3.39. The van der Waals surface area contributed by atoms with Crippen LogP contribution in [0.5, 0.6) is 0 Å². The largest absolute Gasteiger partial charge is 0.454 e. The molecule has 11 nitrogen and oxygen atoms in total. The molecule has 0 saturated carbocycles. The van der Waals surface area contributed by atoms with E-state index < -0.39 is 17.2 Å². The first kappa shape index (κ1) is 22.1. The van der Waals surface area contributed by atoms with Crippen LogP contribution < -0.4 is 21.9 Å². The number of nitrogens with zero attached hydrogens (tertiary/aromatic N) is 4. The number of nitrogens with one attached hydrogen (secondary N) is 1. The number of methoxy groups -OCH3 is 1. The summed E-state index contributed by atoms with van der Waals surface area (Å²) in [4.78, 5) is 41.5. The van der Waals surface area contributed by atoms with E-state index in [-0.39, 0.29) is 42.9 Å². The monoisotopic (exact) mass is 430 g/mol. The van der Waals surface area contributed by atoms with Crippen LogP contribution >= 0.6 is 0 Å². The third-order valence-electron chi connectivity index (χ3n) is 4.55. The highest BCUT2D eigenvalue weighted by Gasteiger charge is 2.27. The van der Waals surface area contributed by atoms with Crippen molar-refractivity contribution in [2.45, 2.75) is 26.9 Å². The molecule has 0 spiro atoms. The van der Waals surface area contributed by atoms with Crippen LogP contribution in [0.3, 0.4) is 0 Å². The summed E-state index contributed by atoms with van der Waals surface area (Å²) in [6, 6.07) is 4.97. The molecule has 0 unspecified atom stereocenters. The van der Waals surface area contributed by atoms with Gasteiger partial charge in [0.2, 0.25) is 0 Å². The summed E-state index contributed by atoms with van der Waals surface area (Å²) in [5.74, 6) is -0.0215. The number of aromatic amines is 1. The van der Waals surface area contributed by atoms with Crippen LogP contribution in [0.4, 0.5) is 11.5 Å². The molecule has 3 aromatic heterocycles. The van der Waals surface area contributed by atoms with Crippen LogP contribution in [0, 0.1) is 5.92 Å². The molecular formula is C20H26N6O5. The average molecular weight is 430 g/mol. The summed E-state index contributed by atoms with van der Waals surface area (Å²) in [6.07, 6.45) is 3.41. The first-order chi connectivity index (χ1) is 14.8. The van der Waals surface area contributed by atoms with Crippen LogP contribution in [0.2, 0.25) is 0 Å². The van der Waals surface area contributed by atoms with E-state index in [1.165, 1.54) is 22.6 Å². The van der Waals surface area contributed by atoms with Crippen molar-refractivity contribution in [2.24, 2.45) is 5.92 Å². The highest BCUT2D eigenvalue weighted by atomic mass is 16.5. The predicted molar refractivity (Wildman–Crippen MR) is 114 cm³/mol. The summed E-state index contributed by atoms with van der Waals surface area (Å²) >= 11 is 0. The number of furan rings is 1. The van der Waals surface area contributed by atoms with Gasteiger partial charge in [-0.05, 0) is 24.1 Å². The molecule has 3 rings (SSSR count). The number of hydrogen-bond acceptors (Lipinski definition) is 7. The van der Waals surface area contributed by atoms with Gasteiger partial charge in [0.25, 0.3) is 11.5 Å². The summed E-state index contributed by atoms with van der Waals surface area (Å²) < 4.78 is 13.7. The van der Waals surface area contributed by atoms with Crippen LogP contribution in [0.1, 0.15) is 30.2 Å². The number of nitrogen functional groups attached to an aromatic ring is 1. The van der Waals surface area contributed by atoms with E-state index in [9.17, 15) is 14.4 Å². The molecule has 0 aromatic carbocycles. The molecule has 3 aromatic rings. The Labute approximate surface area is 178 Å². The number of aromatic nitrogens is 4. The van der Waals surface area contributed by atoms with Gasteiger partial charge >= 0.3 is 5.69 Å². The van der Waals surface area contributed by atoms with E-state index in [0.29, 0.717) is 12.3 Å². The quantitative estimate of drug-likeness (QED) is 0.514. The molecular weight excluding hydrogens is 404 g/mol. The van der Waals surface area contributed by atoms with Gasteiger partial charge in [0.15, 0.2) is 11.4 Å². The molecule has 1 amide bonds. The number of ether oxygens (including phenoxy) is 1. The Bertz CT molecular complexity index is 1140. The first-order valence-corrected chi connectivity index (χ1v) is 9.81. The van der Waals surface area contributed by atoms with E-state index in [4.69, 9.17) is 14.9 Å². The van der Waals surface area contributed by atoms with Crippen molar-refractivity contribution < 1.29 is 13.9 Å². The van der Waals surface area contributed by atoms with Crippen LogP contribution in [-0.4, -0.2) is 45.5 Å². The van der Waals surface area contributed by atoms with Crippen molar-refractivity contribution in [3.8, 4) is 0 Å². The first-order valence-electron chi connectivity index (χ1n) is 9.81. The second-order valence-corrected chi connectivity index (χ2v) is 7.42. The molecule has 3 heterocycles. The lowest BCUT2D eigenvalue weighted by atomic mass is 10.2. The lowest BCUT2D eigenvalue weighted by Gasteiger charge is -2.24. The van der Waals surface area contributed by atoms with Crippen molar-refractivity contribution in [1.29, 1.82) is 0 Å². The molecule has 166 valence electrons. The van der Waals surface area contributed by atoms with E-state index >= 15 is 0 Å². The highest BCUT2D eigenvalue weighted by molar-refractivity contribution is 6.05. The number of carbonyl (C=O) groups excluding carboxylic acids is 1. The second kappa shape index (κ2) is 9.47. The maximum atomic E-state index is 13.2. The van der Waals surface area contributed by atoms with Crippen LogP contribution in [-0.2, 0) is 17.8 Å². The minimum atomic E-state index is -0.754. The van der Waals surface area contributed by atoms with E-state index in [0.717, 1.165) is 0 Å². The molecule has 3 N–H and O–H groups in total. The summed E-state index contributed by atoms with van der Waals surface area (Å²) in [5, 5.41) is 4.10. The number of H-pyrrole nitrogens is 1. The van der Waals surface area contributed by atoms with Gasteiger partial charge in [0.1, 0.15) is 11.6 Å². The number of hydrogen-bond donors (Lipinski definition) is 2. The molecule has 0 saturated heterocycles.